The van der Waals surface area contributed by atoms with Crippen molar-refractivity contribution in [2.75, 3.05) is 14.2 Å². The normalized spacial score (nSPS) is 17.3. The molecule has 0 bridgehead atoms. The average molecular weight is 264 g/mol. The first-order chi connectivity index (χ1) is 8.89. The molecule has 1 aliphatic carbocycles. The van der Waals surface area contributed by atoms with Crippen LogP contribution >= 0.6 is 0 Å². The van der Waals surface area contributed by atoms with Crippen molar-refractivity contribution in [3.8, 4) is 0 Å². The molecule has 0 spiro atoms. The van der Waals surface area contributed by atoms with E-state index in [1.807, 2.05) is 26.8 Å². The lowest BCUT2D eigenvalue weighted by molar-refractivity contribution is -0.164. The van der Waals surface area contributed by atoms with Gasteiger partial charge >= 0.3 is 11.9 Å². The van der Waals surface area contributed by atoms with Crippen molar-refractivity contribution in [3.05, 3.63) is 34.9 Å². The van der Waals surface area contributed by atoms with Crippen LogP contribution in [-0.2, 0) is 19.1 Å². The summed E-state index contributed by atoms with van der Waals surface area (Å²) < 4.78 is 9.53. The number of allylic oxidation sites excluding steroid dienone is 5. The Morgan fingerprint density at radius 1 is 1.16 bits per heavy atom. The second-order valence-electron chi connectivity index (χ2n) is 4.79. The highest BCUT2D eigenvalue weighted by Gasteiger charge is 2.46. The Labute approximate surface area is 113 Å². The van der Waals surface area contributed by atoms with Crippen molar-refractivity contribution in [2.24, 2.45) is 5.41 Å². The Morgan fingerprint density at radius 2 is 1.68 bits per heavy atom. The topological polar surface area (TPSA) is 52.6 Å². The van der Waals surface area contributed by atoms with Crippen LogP contribution in [0.4, 0.5) is 0 Å². The Hall–Kier alpha value is -1.84. The number of rotatable bonds is 2. The molecular formula is C15H20O4. The number of hydrogen-bond donors (Lipinski definition) is 0. The number of carbonyl (C=O) groups excluding carboxylic acids is 2. The van der Waals surface area contributed by atoms with Gasteiger partial charge in [0.15, 0.2) is 5.41 Å². The molecule has 0 heterocycles. The van der Waals surface area contributed by atoms with Crippen molar-refractivity contribution in [3.63, 3.8) is 0 Å². The summed E-state index contributed by atoms with van der Waals surface area (Å²) in [5.74, 6) is -1.20. The molecule has 1 aliphatic rings. The summed E-state index contributed by atoms with van der Waals surface area (Å²) in [6, 6.07) is 0. The average Bonchev–Trinajstić information content (AvgIpc) is 2.57. The Morgan fingerprint density at radius 3 is 2.11 bits per heavy atom. The van der Waals surface area contributed by atoms with E-state index < -0.39 is 17.4 Å². The predicted octanol–water partition coefficient (Wildman–Crippen LogP) is 2.56. The molecular weight excluding hydrogens is 244 g/mol. The second-order valence-corrected chi connectivity index (χ2v) is 4.79. The minimum atomic E-state index is -1.39. The molecule has 0 aromatic rings. The van der Waals surface area contributed by atoms with Crippen LogP contribution in [-0.4, -0.2) is 26.2 Å². The molecule has 0 atom stereocenters. The smallest absolute Gasteiger partial charge is 0.327 e. The third kappa shape index (κ3) is 2.78. The third-order valence-corrected chi connectivity index (χ3v) is 3.33. The van der Waals surface area contributed by atoms with Crippen LogP contribution in [0.25, 0.3) is 0 Å². The summed E-state index contributed by atoms with van der Waals surface area (Å²) in [6.45, 7) is 5.93. The lowest BCUT2D eigenvalue weighted by Gasteiger charge is -2.22. The van der Waals surface area contributed by atoms with E-state index in [1.54, 1.807) is 12.2 Å². The fraction of sp³-hybridized carbons (Fsp3) is 0.467. The van der Waals surface area contributed by atoms with Gasteiger partial charge in [-0.25, -0.2) is 0 Å². The van der Waals surface area contributed by atoms with E-state index in [1.165, 1.54) is 14.2 Å². The zero-order valence-electron chi connectivity index (χ0n) is 12.1. The number of hydrogen-bond acceptors (Lipinski definition) is 4. The van der Waals surface area contributed by atoms with E-state index >= 15 is 0 Å². The van der Waals surface area contributed by atoms with Crippen LogP contribution in [0.3, 0.4) is 0 Å². The van der Waals surface area contributed by atoms with Crippen molar-refractivity contribution in [1.82, 2.24) is 0 Å². The maximum absolute atomic E-state index is 12.0. The van der Waals surface area contributed by atoms with Gasteiger partial charge in [-0.2, -0.15) is 0 Å². The zero-order valence-corrected chi connectivity index (χ0v) is 12.1. The lowest BCUT2D eigenvalue weighted by atomic mass is 9.84. The van der Waals surface area contributed by atoms with E-state index in [9.17, 15) is 9.59 Å². The first-order valence-electron chi connectivity index (χ1n) is 6.09. The molecule has 0 radical (unpaired) electrons. The Kier molecular flexibility index (Phi) is 4.70. The van der Waals surface area contributed by atoms with Crippen molar-refractivity contribution < 1.29 is 19.1 Å². The van der Waals surface area contributed by atoms with E-state index in [0.29, 0.717) is 0 Å². The van der Waals surface area contributed by atoms with Gasteiger partial charge in [0.25, 0.3) is 0 Å². The summed E-state index contributed by atoms with van der Waals surface area (Å²) in [7, 11) is 2.54. The Bertz CT molecular complexity index is 460. The largest absolute Gasteiger partial charge is 0.468 e. The molecule has 0 N–H and O–H groups in total. The molecule has 19 heavy (non-hydrogen) atoms. The van der Waals surface area contributed by atoms with Crippen molar-refractivity contribution in [2.45, 2.75) is 27.2 Å². The maximum atomic E-state index is 12.0. The number of methoxy groups -OCH3 is 2. The van der Waals surface area contributed by atoms with Gasteiger partial charge in [-0.15, -0.1) is 0 Å². The van der Waals surface area contributed by atoms with Gasteiger partial charge in [0.2, 0.25) is 0 Å². The van der Waals surface area contributed by atoms with Gasteiger partial charge in [-0.05, 0) is 38.3 Å². The predicted molar refractivity (Wildman–Crippen MR) is 72.4 cm³/mol. The molecule has 0 aliphatic heterocycles. The first-order valence-corrected chi connectivity index (χ1v) is 6.09. The molecule has 0 aromatic carbocycles. The lowest BCUT2D eigenvalue weighted by Crippen LogP contribution is -2.39. The van der Waals surface area contributed by atoms with Gasteiger partial charge in [0, 0.05) is 0 Å². The highest BCUT2D eigenvalue weighted by molar-refractivity contribution is 6.02. The number of carbonyl (C=O) groups is 2. The number of esters is 2. The minimum absolute atomic E-state index is 0.242. The minimum Gasteiger partial charge on any atom is -0.468 e. The SMILES string of the molecule is COC(=O)C1(C(=O)OC)C=CC(=C(C)C)C(C)=CC1. The summed E-state index contributed by atoms with van der Waals surface area (Å²) in [5.41, 5.74) is 1.79. The van der Waals surface area contributed by atoms with Crippen LogP contribution in [0, 0.1) is 5.41 Å². The molecule has 0 aromatic heterocycles. The highest BCUT2D eigenvalue weighted by Crippen LogP contribution is 2.34. The second kappa shape index (κ2) is 5.87. The van der Waals surface area contributed by atoms with Crippen molar-refractivity contribution >= 4 is 11.9 Å². The fourth-order valence-corrected chi connectivity index (χ4v) is 2.16. The highest BCUT2D eigenvalue weighted by atomic mass is 16.5. The van der Waals surface area contributed by atoms with Crippen LogP contribution in [0.2, 0.25) is 0 Å². The quantitative estimate of drug-likeness (QED) is 0.568. The summed E-state index contributed by atoms with van der Waals surface area (Å²) in [4.78, 5) is 24.0. The van der Waals surface area contributed by atoms with E-state index in [-0.39, 0.29) is 6.42 Å². The third-order valence-electron chi connectivity index (χ3n) is 3.33. The first kappa shape index (κ1) is 15.2. The molecule has 0 unspecified atom stereocenters. The zero-order chi connectivity index (χ0) is 14.6. The molecule has 1 rings (SSSR count). The van der Waals surface area contributed by atoms with Gasteiger partial charge in [-0.1, -0.05) is 23.8 Å². The molecule has 0 saturated carbocycles. The number of ether oxygens (including phenoxy) is 2. The monoisotopic (exact) mass is 264 g/mol. The van der Waals surface area contributed by atoms with Crippen LogP contribution < -0.4 is 0 Å². The van der Waals surface area contributed by atoms with E-state index in [4.69, 9.17) is 9.47 Å². The van der Waals surface area contributed by atoms with E-state index in [2.05, 4.69) is 0 Å². The molecule has 4 nitrogen and oxygen atoms in total. The van der Waals surface area contributed by atoms with Crippen LogP contribution in [0.1, 0.15) is 27.2 Å². The molecule has 104 valence electrons. The Balaban J connectivity index is 3.39. The summed E-state index contributed by atoms with van der Waals surface area (Å²) in [6.07, 6.45) is 5.49. The molecule has 0 amide bonds. The fourth-order valence-electron chi connectivity index (χ4n) is 2.16. The van der Waals surface area contributed by atoms with Crippen molar-refractivity contribution in [1.29, 1.82) is 0 Å². The van der Waals surface area contributed by atoms with Gasteiger partial charge in [0.1, 0.15) is 0 Å². The molecule has 4 heteroatoms. The molecule has 0 fully saturated rings. The molecule has 0 saturated heterocycles. The summed E-state index contributed by atoms with van der Waals surface area (Å²) >= 11 is 0. The van der Waals surface area contributed by atoms with Crippen LogP contribution in [0.5, 0.6) is 0 Å². The van der Waals surface area contributed by atoms with Gasteiger partial charge in [-0.3, -0.25) is 9.59 Å². The van der Waals surface area contributed by atoms with Crippen LogP contribution in [0.15, 0.2) is 34.9 Å². The van der Waals surface area contributed by atoms with Gasteiger partial charge in [0.05, 0.1) is 14.2 Å². The summed E-state index contributed by atoms with van der Waals surface area (Å²) in [5, 5.41) is 0. The van der Waals surface area contributed by atoms with Gasteiger partial charge < -0.3 is 9.47 Å². The standard InChI is InChI=1S/C15H20O4/c1-10(2)12-7-9-15(13(16)18-4,14(17)19-5)8-6-11(12)3/h6-7,9H,8H2,1-5H3. The maximum Gasteiger partial charge on any atom is 0.327 e. The van der Waals surface area contributed by atoms with E-state index in [0.717, 1.165) is 16.7 Å².